The number of nitrogens with zero attached hydrogens (tertiary/aromatic N) is 1. The summed E-state index contributed by atoms with van der Waals surface area (Å²) in [4.78, 5) is 2.65. The van der Waals surface area contributed by atoms with Crippen LogP contribution in [0.5, 0.6) is 0 Å². The Morgan fingerprint density at radius 3 is 2.50 bits per heavy atom. The lowest BCUT2D eigenvalue weighted by Crippen LogP contribution is -2.43. The van der Waals surface area contributed by atoms with E-state index in [1.54, 1.807) is 0 Å². The van der Waals surface area contributed by atoms with E-state index in [1.807, 2.05) is 0 Å². The molecule has 2 heteroatoms. The molecule has 0 aliphatic carbocycles. The van der Waals surface area contributed by atoms with Gasteiger partial charge < -0.3 is 10.2 Å². The summed E-state index contributed by atoms with van der Waals surface area (Å²) >= 11 is 0. The minimum atomic E-state index is 0.672. The standard InChI is InChI=1S/C18H30N2/c1-3-7-18(19-2)15-20-12-10-17(11-13-20)14-16-8-5-4-6-9-16/h4-6,8-9,17-19H,3,7,10-15H2,1-2H3. The van der Waals surface area contributed by atoms with E-state index in [9.17, 15) is 0 Å². The predicted molar refractivity (Wildman–Crippen MR) is 87.1 cm³/mol. The molecular weight excluding hydrogens is 244 g/mol. The van der Waals surface area contributed by atoms with Gasteiger partial charge in [0.25, 0.3) is 0 Å². The van der Waals surface area contributed by atoms with E-state index in [0.29, 0.717) is 6.04 Å². The molecule has 1 aliphatic rings. The second-order valence-corrected chi connectivity index (χ2v) is 6.21. The third kappa shape index (κ3) is 4.92. The summed E-state index contributed by atoms with van der Waals surface area (Å²) in [5.74, 6) is 0.882. The molecular formula is C18H30N2. The molecule has 0 spiro atoms. The Balaban J connectivity index is 1.72. The number of piperidine rings is 1. The highest BCUT2D eigenvalue weighted by molar-refractivity contribution is 5.15. The minimum absolute atomic E-state index is 0.672. The zero-order valence-electron chi connectivity index (χ0n) is 13.1. The molecule has 1 saturated heterocycles. The molecule has 1 fully saturated rings. The molecule has 0 amide bonds. The molecule has 2 rings (SSSR count). The molecule has 112 valence electrons. The number of nitrogens with one attached hydrogen (secondary N) is 1. The number of hydrogen-bond donors (Lipinski definition) is 1. The maximum Gasteiger partial charge on any atom is 0.0191 e. The van der Waals surface area contributed by atoms with E-state index in [0.717, 1.165) is 5.92 Å². The second kappa shape index (κ2) is 8.43. The van der Waals surface area contributed by atoms with Gasteiger partial charge in [-0.2, -0.15) is 0 Å². The molecule has 1 aromatic rings. The van der Waals surface area contributed by atoms with Crippen LogP contribution in [0.2, 0.25) is 0 Å². The zero-order valence-corrected chi connectivity index (χ0v) is 13.1. The molecule has 20 heavy (non-hydrogen) atoms. The van der Waals surface area contributed by atoms with Crippen molar-refractivity contribution in [1.82, 2.24) is 10.2 Å². The molecule has 0 radical (unpaired) electrons. The van der Waals surface area contributed by atoms with Gasteiger partial charge in [-0.05, 0) is 57.3 Å². The van der Waals surface area contributed by atoms with Crippen LogP contribution < -0.4 is 5.32 Å². The third-order valence-corrected chi connectivity index (χ3v) is 4.60. The number of rotatable bonds is 7. The van der Waals surface area contributed by atoms with E-state index in [-0.39, 0.29) is 0 Å². The molecule has 0 aromatic heterocycles. The lowest BCUT2D eigenvalue weighted by molar-refractivity contribution is 0.167. The van der Waals surface area contributed by atoms with E-state index >= 15 is 0 Å². The van der Waals surface area contributed by atoms with Gasteiger partial charge in [0.2, 0.25) is 0 Å². The van der Waals surface area contributed by atoms with E-state index in [4.69, 9.17) is 0 Å². The van der Waals surface area contributed by atoms with Crippen LogP contribution in [0.15, 0.2) is 30.3 Å². The van der Waals surface area contributed by atoms with Crippen molar-refractivity contribution >= 4 is 0 Å². The fourth-order valence-electron chi connectivity index (χ4n) is 3.31. The Bertz CT molecular complexity index is 355. The highest BCUT2D eigenvalue weighted by Gasteiger charge is 2.21. The van der Waals surface area contributed by atoms with Gasteiger partial charge in [0.1, 0.15) is 0 Å². The summed E-state index contributed by atoms with van der Waals surface area (Å²) in [6, 6.07) is 11.6. The molecule has 2 nitrogen and oxygen atoms in total. The average Bonchev–Trinajstić information content (AvgIpc) is 2.50. The summed E-state index contributed by atoms with van der Waals surface area (Å²) in [6.45, 7) is 6.05. The summed E-state index contributed by atoms with van der Waals surface area (Å²) in [6.07, 6.45) is 6.55. The topological polar surface area (TPSA) is 15.3 Å². The van der Waals surface area contributed by atoms with E-state index < -0.39 is 0 Å². The summed E-state index contributed by atoms with van der Waals surface area (Å²) in [5, 5.41) is 3.46. The monoisotopic (exact) mass is 274 g/mol. The fraction of sp³-hybridized carbons (Fsp3) is 0.667. The lowest BCUT2D eigenvalue weighted by atomic mass is 9.90. The van der Waals surface area contributed by atoms with Crippen molar-refractivity contribution in [3.8, 4) is 0 Å². The van der Waals surface area contributed by atoms with Gasteiger partial charge >= 0.3 is 0 Å². The third-order valence-electron chi connectivity index (χ3n) is 4.60. The molecule has 1 N–H and O–H groups in total. The van der Waals surface area contributed by atoms with Crippen LogP contribution in [0.3, 0.4) is 0 Å². The smallest absolute Gasteiger partial charge is 0.0191 e. The van der Waals surface area contributed by atoms with Crippen LogP contribution in [0, 0.1) is 5.92 Å². The second-order valence-electron chi connectivity index (χ2n) is 6.21. The number of likely N-dealkylation sites (N-methyl/N-ethyl adjacent to an activating group) is 1. The van der Waals surface area contributed by atoms with Crippen LogP contribution in [0.25, 0.3) is 0 Å². The molecule has 0 bridgehead atoms. The first-order valence-corrected chi connectivity index (χ1v) is 8.25. The normalized spacial score (nSPS) is 19.1. The first kappa shape index (κ1) is 15.5. The first-order chi connectivity index (χ1) is 9.81. The molecule has 1 aromatic carbocycles. The van der Waals surface area contributed by atoms with Gasteiger partial charge in [0, 0.05) is 12.6 Å². The fourth-order valence-corrected chi connectivity index (χ4v) is 3.31. The van der Waals surface area contributed by atoms with Crippen LogP contribution in [0.1, 0.15) is 38.2 Å². The minimum Gasteiger partial charge on any atom is -0.316 e. The Morgan fingerprint density at radius 2 is 1.90 bits per heavy atom. The SMILES string of the molecule is CCCC(CN1CCC(Cc2ccccc2)CC1)NC. The Morgan fingerprint density at radius 1 is 1.20 bits per heavy atom. The Hall–Kier alpha value is -0.860. The summed E-state index contributed by atoms with van der Waals surface area (Å²) in [5.41, 5.74) is 1.50. The van der Waals surface area contributed by atoms with E-state index in [1.165, 1.54) is 57.3 Å². The maximum atomic E-state index is 3.46. The first-order valence-electron chi connectivity index (χ1n) is 8.25. The van der Waals surface area contributed by atoms with Crippen LogP contribution in [0.4, 0.5) is 0 Å². The van der Waals surface area contributed by atoms with Gasteiger partial charge in [-0.25, -0.2) is 0 Å². The number of likely N-dealkylation sites (tertiary alicyclic amines) is 1. The van der Waals surface area contributed by atoms with Crippen LogP contribution in [-0.2, 0) is 6.42 Å². The number of hydrogen-bond acceptors (Lipinski definition) is 2. The van der Waals surface area contributed by atoms with Crippen molar-refractivity contribution in [3.05, 3.63) is 35.9 Å². The van der Waals surface area contributed by atoms with Crippen molar-refractivity contribution in [3.63, 3.8) is 0 Å². The lowest BCUT2D eigenvalue weighted by Gasteiger charge is -2.34. The molecule has 1 heterocycles. The van der Waals surface area contributed by atoms with Gasteiger partial charge in [-0.3, -0.25) is 0 Å². The summed E-state index contributed by atoms with van der Waals surface area (Å²) < 4.78 is 0. The number of benzene rings is 1. The van der Waals surface area contributed by atoms with Gasteiger partial charge in [-0.1, -0.05) is 43.7 Å². The molecule has 1 aliphatic heterocycles. The average molecular weight is 274 g/mol. The maximum absolute atomic E-state index is 3.46. The zero-order chi connectivity index (χ0) is 14.2. The summed E-state index contributed by atoms with van der Waals surface area (Å²) in [7, 11) is 2.10. The van der Waals surface area contributed by atoms with Crippen LogP contribution in [-0.4, -0.2) is 37.6 Å². The highest BCUT2D eigenvalue weighted by Crippen LogP contribution is 2.21. The van der Waals surface area contributed by atoms with Crippen molar-refractivity contribution in [2.45, 2.75) is 45.1 Å². The molecule has 0 saturated carbocycles. The quantitative estimate of drug-likeness (QED) is 0.820. The van der Waals surface area contributed by atoms with Crippen molar-refractivity contribution in [2.24, 2.45) is 5.92 Å². The largest absolute Gasteiger partial charge is 0.316 e. The Labute approximate surface area is 124 Å². The Kier molecular flexibility index (Phi) is 6.55. The molecule has 1 unspecified atom stereocenters. The van der Waals surface area contributed by atoms with Crippen molar-refractivity contribution < 1.29 is 0 Å². The van der Waals surface area contributed by atoms with Crippen LogP contribution >= 0.6 is 0 Å². The van der Waals surface area contributed by atoms with Gasteiger partial charge in [0.05, 0.1) is 0 Å². The molecule has 1 atom stereocenters. The van der Waals surface area contributed by atoms with Gasteiger partial charge in [0.15, 0.2) is 0 Å². The van der Waals surface area contributed by atoms with E-state index in [2.05, 4.69) is 54.5 Å². The van der Waals surface area contributed by atoms with Crippen molar-refractivity contribution in [1.29, 1.82) is 0 Å². The highest BCUT2D eigenvalue weighted by atomic mass is 15.1. The van der Waals surface area contributed by atoms with Crippen molar-refractivity contribution in [2.75, 3.05) is 26.7 Å². The van der Waals surface area contributed by atoms with Gasteiger partial charge in [-0.15, -0.1) is 0 Å². The predicted octanol–water partition coefficient (Wildman–Crippen LogP) is 3.33.